The number of benzene rings is 3. The van der Waals surface area contributed by atoms with E-state index in [1.54, 1.807) is 0 Å². The summed E-state index contributed by atoms with van der Waals surface area (Å²) < 4.78 is 0. The third kappa shape index (κ3) is 4.64. The van der Waals surface area contributed by atoms with E-state index in [9.17, 15) is 0 Å². The van der Waals surface area contributed by atoms with Gasteiger partial charge in [-0.3, -0.25) is 0 Å². The minimum atomic E-state index is -0.0836. The van der Waals surface area contributed by atoms with E-state index in [0.29, 0.717) is 0 Å². The van der Waals surface area contributed by atoms with Crippen molar-refractivity contribution in [3.63, 3.8) is 0 Å². The maximum Gasteiger partial charge on any atom is 0.0215 e. The van der Waals surface area contributed by atoms with Crippen LogP contribution in [0.2, 0.25) is 0 Å². The summed E-state index contributed by atoms with van der Waals surface area (Å²) in [6.07, 6.45) is 0.989. The second-order valence-corrected chi connectivity index (χ2v) is 10.2. The first-order valence-corrected chi connectivity index (χ1v) is 10.7. The van der Waals surface area contributed by atoms with Gasteiger partial charge in [-0.2, -0.15) is 0 Å². The summed E-state index contributed by atoms with van der Waals surface area (Å²) in [6, 6.07) is 23.2. The first-order chi connectivity index (χ1) is 13.5. The molecule has 3 aromatic carbocycles. The fourth-order valence-corrected chi connectivity index (χ4v) is 4.55. The second kappa shape index (κ2) is 7.82. The zero-order chi connectivity index (χ0) is 21.4. The lowest BCUT2D eigenvalue weighted by atomic mass is 9.69. The minimum absolute atomic E-state index is 0.0836. The van der Waals surface area contributed by atoms with Gasteiger partial charge in [-0.25, -0.2) is 0 Å². The highest BCUT2D eigenvalue weighted by atomic mass is 14.3. The van der Waals surface area contributed by atoms with Crippen molar-refractivity contribution in [2.75, 3.05) is 0 Å². The van der Waals surface area contributed by atoms with Gasteiger partial charge in [0.25, 0.3) is 0 Å². The van der Waals surface area contributed by atoms with Crippen LogP contribution in [0, 0.1) is 27.7 Å². The molecular formula is C29H36. The molecule has 0 saturated carbocycles. The van der Waals surface area contributed by atoms with Crippen LogP contribution in [0.25, 0.3) is 0 Å². The molecule has 29 heavy (non-hydrogen) atoms. The van der Waals surface area contributed by atoms with E-state index in [2.05, 4.69) is 116 Å². The predicted molar refractivity (Wildman–Crippen MR) is 127 cm³/mol. The Hall–Kier alpha value is -2.34. The summed E-state index contributed by atoms with van der Waals surface area (Å²) in [6.45, 7) is 18.2. The molecule has 0 amide bonds. The van der Waals surface area contributed by atoms with Crippen molar-refractivity contribution in [1.29, 1.82) is 0 Å². The predicted octanol–water partition coefficient (Wildman–Crippen LogP) is 7.77. The molecule has 0 aliphatic heterocycles. The van der Waals surface area contributed by atoms with E-state index in [1.165, 1.54) is 44.5 Å². The van der Waals surface area contributed by atoms with Crippen molar-refractivity contribution in [2.45, 2.75) is 72.6 Å². The van der Waals surface area contributed by atoms with Gasteiger partial charge in [-0.05, 0) is 67.3 Å². The van der Waals surface area contributed by atoms with Crippen molar-refractivity contribution in [1.82, 2.24) is 0 Å². The fraction of sp³-hybridized carbons (Fsp3) is 0.379. The van der Waals surface area contributed by atoms with Gasteiger partial charge in [-0.15, -0.1) is 0 Å². The Labute approximate surface area is 178 Å². The highest BCUT2D eigenvalue weighted by Gasteiger charge is 2.31. The smallest absolute Gasteiger partial charge is 0.0215 e. The molecule has 0 fully saturated rings. The molecule has 0 heteroatoms. The molecule has 1 unspecified atom stereocenters. The van der Waals surface area contributed by atoms with Crippen molar-refractivity contribution in [3.05, 3.63) is 105 Å². The highest BCUT2D eigenvalue weighted by Crippen LogP contribution is 2.39. The van der Waals surface area contributed by atoms with Gasteiger partial charge in [0.1, 0.15) is 0 Å². The van der Waals surface area contributed by atoms with Crippen LogP contribution in [0.4, 0.5) is 0 Å². The van der Waals surface area contributed by atoms with E-state index >= 15 is 0 Å². The highest BCUT2D eigenvalue weighted by molar-refractivity contribution is 5.47. The Morgan fingerprint density at radius 2 is 1.17 bits per heavy atom. The molecule has 0 N–H and O–H groups in total. The lowest BCUT2D eigenvalue weighted by molar-refractivity contribution is 0.553. The number of hydrogen-bond donors (Lipinski definition) is 0. The molecule has 0 aromatic heterocycles. The van der Waals surface area contributed by atoms with Crippen LogP contribution in [-0.2, 0) is 17.3 Å². The lowest BCUT2D eigenvalue weighted by Gasteiger charge is -2.34. The van der Waals surface area contributed by atoms with Crippen LogP contribution in [-0.4, -0.2) is 0 Å². The van der Waals surface area contributed by atoms with Gasteiger partial charge in [0.15, 0.2) is 0 Å². The van der Waals surface area contributed by atoms with Gasteiger partial charge < -0.3 is 0 Å². The van der Waals surface area contributed by atoms with Crippen molar-refractivity contribution in [2.24, 2.45) is 0 Å². The van der Waals surface area contributed by atoms with Gasteiger partial charge in [0.2, 0.25) is 0 Å². The van der Waals surface area contributed by atoms with Crippen LogP contribution in [0.1, 0.15) is 72.2 Å². The number of hydrogen-bond acceptors (Lipinski definition) is 0. The quantitative estimate of drug-likeness (QED) is 0.431. The molecule has 0 aliphatic carbocycles. The standard InChI is InChI=1S/C29H36/c1-20-9-12-24(13-10-20)19-29(8,26-16-21(2)15-22(3)17-26)25-14-11-23(4)27(18-25)28(5,6)7/h9-18H,19H2,1-8H3. The second-order valence-electron chi connectivity index (χ2n) is 10.2. The molecule has 0 nitrogen and oxygen atoms in total. The molecule has 152 valence electrons. The van der Waals surface area contributed by atoms with E-state index < -0.39 is 0 Å². The largest absolute Gasteiger partial charge is 0.0591 e. The van der Waals surface area contributed by atoms with Crippen LogP contribution >= 0.6 is 0 Å². The molecule has 0 spiro atoms. The third-order valence-corrected chi connectivity index (χ3v) is 6.22. The first-order valence-electron chi connectivity index (χ1n) is 10.7. The first kappa shape index (κ1) is 21.4. The molecule has 0 bridgehead atoms. The molecule has 3 aromatic rings. The third-order valence-electron chi connectivity index (χ3n) is 6.22. The lowest BCUT2D eigenvalue weighted by Crippen LogP contribution is -2.28. The Morgan fingerprint density at radius 3 is 1.72 bits per heavy atom. The average Bonchev–Trinajstić information content (AvgIpc) is 2.62. The summed E-state index contributed by atoms with van der Waals surface area (Å²) in [5, 5.41) is 0. The monoisotopic (exact) mass is 384 g/mol. The van der Waals surface area contributed by atoms with Crippen LogP contribution < -0.4 is 0 Å². The van der Waals surface area contributed by atoms with Gasteiger partial charge in [0.05, 0.1) is 0 Å². The molecule has 0 heterocycles. The Balaban J connectivity index is 2.21. The van der Waals surface area contributed by atoms with Crippen LogP contribution in [0.5, 0.6) is 0 Å². The van der Waals surface area contributed by atoms with Gasteiger partial charge in [-0.1, -0.05) is 105 Å². The SMILES string of the molecule is Cc1ccc(CC(C)(c2cc(C)cc(C)c2)c2ccc(C)c(C(C)(C)C)c2)cc1. The zero-order valence-corrected chi connectivity index (χ0v) is 19.5. The maximum atomic E-state index is 2.46. The Bertz CT molecular complexity index is 979. The number of rotatable bonds is 4. The zero-order valence-electron chi connectivity index (χ0n) is 19.5. The van der Waals surface area contributed by atoms with E-state index in [-0.39, 0.29) is 10.8 Å². The molecule has 0 aliphatic rings. The normalized spacial score (nSPS) is 13.9. The van der Waals surface area contributed by atoms with Crippen LogP contribution in [0.15, 0.2) is 60.7 Å². The molecule has 0 radical (unpaired) electrons. The topological polar surface area (TPSA) is 0 Å². The average molecular weight is 385 g/mol. The van der Waals surface area contributed by atoms with Gasteiger partial charge in [0, 0.05) is 5.41 Å². The fourth-order valence-electron chi connectivity index (χ4n) is 4.55. The summed E-state index contributed by atoms with van der Waals surface area (Å²) in [7, 11) is 0. The van der Waals surface area contributed by atoms with Crippen molar-refractivity contribution >= 4 is 0 Å². The molecule has 3 rings (SSSR count). The summed E-state index contributed by atoms with van der Waals surface area (Å²) in [5.41, 5.74) is 11.0. The summed E-state index contributed by atoms with van der Waals surface area (Å²) >= 11 is 0. The van der Waals surface area contributed by atoms with E-state index in [4.69, 9.17) is 0 Å². The van der Waals surface area contributed by atoms with Crippen LogP contribution in [0.3, 0.4) is 0 Å². The number of aryl methyl sites for hydroxylation is 4. The van der Waals surface area contributed by atoms with E-state index in [1.807, 2.05) is 0 Å². The summed E-state index contributed by atoms with van der Waals surface area (Å²) in [4.78, 5) is 0. The summed E-state index contributed by atoms with van der Waals surface area (Å²) in [5.74, 6) is 0. The Kier molecular flexibility index (Phi) is 5.77. The minimum Gasteiger partial charge on any atom is -0.0591 e. The molecule has 1 atom stereocenters. The Morgan fingerprint density at radius 1 is 0.586 bits per heavy atom. The molecular weight excluding hydrogens is 348 g/mol. The van der Waals surface area contributed by atoms with E-state index in [0.717, 1.165) is 6.42 Å². The van der Waals surface area contributed by atoms with Crippen molar-refractivity contribution < 1.29 is 0 Å². The van der Waals surface area contributed by atoms with Crippen molar-refractivity contribution in [3.8, 4) is 0 Å². The molecule has 0 saturated heterocycles. The van der Waals surface area contributed by atoms with Gasteiger partial charge >= 0.3 is 0 Å². The maximum absolute atomic E-state index is 2.46.